The second kappa shape index (κ2) is 5.17. The summed E-state index contributed by atoms with van der Waals surface area (Å²) < 4.78 is 5.84. The Morgan fingerprint density at radius 1 is 1.15 bits per heavy atom. The molecule has 1 atom stereocenters. The average Bonchev–Trinajstić information content (AvgIpc) is 2.91. The molecule has 0 bridgehead atoms. The van der Waals surface area contributed by atoms with Crippen LogP contribution in [0.1, 0.15) is 22.1 Å². The van der Waals surface area contributed by atoms with Gasteiger partial charge < -0.3 is 15.4 Å². The van der Waals surface area contributed by atoms with Crippen LogP contribution in [0.3, 0.4) is 0 Å². The van der Waals surface area contributed by atoms with Crippen molar-refractivity contribution in [2.24, 2.45) is 0 Å². The van der Waals surface area contributed by atoms with Gasteiger partial charge in [0.25, 0.3) is 0 Å². The number of carbonyl (C=O) groups excluding carboxylic acids is 1. The van der Waals surface area contributed by atoms with E-state index >= 15 is 0 Å². The highest BCUT2D eigenvalue weighted by molar-refractivity contribution is 9.10. The number of benzene rings is 2. The summed E-state index contributed by atoms with van der Waals surface area (Å²) in [5, 5.41) is 6.68. The number of hydrogen-bond donors (Lipinski definition) is 2. The average molecular weight is 333 g/mol. The molecule has 0 aliphatic carbocycles. The number of rotatable bonds is 2. The maximum absolute atomic E-state index is 11.8. The number of hydrogen-bond acceptors (Lipinski definition) is 4. The van der Waals surface area contributed by atoms with Crippen LogP contribution in [0.5, 0.6) is 0 Å². The van der Waals surface area contributed by atoms with Crippen molar-refractivity contribution in [3.63, 3.8) is 0 Å². The minimum atomic E-state index is -0.340. The van der Waals surface area contributed by atoms with Crippen LogP contribution < -0.4 is 10.6 Å². The fraction of sp³-hybridized carbons (Fsp3) is 0.133. The molecule has 0 amide bonds. The molecule has 1 unspecified atom stereocenters. The molecular weight excluding hydrogens is 320 g/mol. The Morgan fingerprint density at radius 2 is 1.90 bits per heavy atom. The van der Waals surface area contributed by atoms with Crippen LogP contribution in [0.2, 0.25) is 0 Å². The number of halogens is 1. The van der Waals surface area contributed by atoms with Crippen LogP contribution in [-0.2, 0) is 4.74 Å². The standard InChI is InChI=1S/C15H13BrN2O2/c1-20-15(19)11-3-2-4-12-13(11)18-14(17-12)9-5-7-10(16)8-6-9/h2-8,14,17-18H,1H3. The number of methoxy groups -OCH3 is 1. The molecule has 2 N–H and O–H groups in total. The molecule has 20 heavy (non-hydrogen) atoms. The number of anilines is 2. The van der Waals surface area contributed by atoms with E-state index in [4.69, 9.17) is 4.74 Å². The van der Waals surface area contributed by atoms with Crippen molar-refractivity contribution in [3.05, 3.63) is 58.1 Å². The van der Waals surface area contributed by atoms with E-state index in [9.17, 15) is 4.79 Å². The minimum Gasteiger partial charge on any atom is -0.465 e. The van der Waals surface area contributed by atoms with Gasteiger partial charge in [0.05, 0.1) is 24.0 Å². The summed E-state index contributed by atoms with van der Waals surface area (Å²) in [6.07, 6.45) is -0.0519. The van der Waals surface area contributed by atoms with E-state index in [1.165, 1.54) is 7.11 Å². The lowest BCUT2D eigenvalue weighted by Gasteiger charge is -2.13. The lowest BCUT2D eigenvalue weighted by molar-refractivity contribution is 0.0602. The quantitative estimate of drug-likeness (QED) is 0.822. The molecule has 0 fully saturated rings. The molecule has 5 heteroatoms. The first kappa shape index (κ1) is 13.0. The van der Waals surface area contributed by atoms with Crippen molar-refractivity contribution >= 4 is 33.3 Å². The second-order valence-corrected chi connectivity index (χ2v) is 5.41. The number of para-hydroxylation sites is 1. The predicted octanol–water partition coefficient (Wildman–Crippen LogP) is 3.77. The molecule has 2 aromatic rings. The zero-order valence-corrected chi connectivity index (χ0v) is 12.4. The van der Waals surface area contributed by atoms with Crippen LogP contribution >= 0.6 is 15.9 Å². The first-order valence-electron chi connectivity index (χ1n) is 6.19. The third-order valence-corrected chi connectivity index (χ3v) is 3.79. The summed E-state index contributed by atoms with van der Waals surface area (Å²) >= 11 is 3.42. The second-order valence-electron chi connectivity index (χ2n) is 4.49. The largest absolute Gasteiger partial charge is 0.465 e. The van der Waals surface area contributed by atoms with Gasteiger partial charge >= 0.3 is 5.97 Å². The number of esters is 1. The van der Waals surface area contributed by atoms with Crippen molar-refractivity contribution in [3.8, 4) is 0 Å². The van der Waals surface area contributed by atoms with Gasteiger partial charge in [-0.15, -0.1) is 0 Å². The molecular formula is C15H13BrN2O2. The number of ether oxygens (including phenoxy) is 1. The summed E-state index contributed by atoms with van der Waals surface area (Å²) in [4.78, 5) is 11.8. The molecule has 2 aromatic carbocycles. The Kier molecular flexibility index (Phi) is 3.36. The molecule has 0 saturated carbocycles. The van der Waals surface area contributed by atoms with E-state index in [2.05, 4.69) is 26.6 Å². The summed E-state index contributed by atoms with van der Waals surface area (Å²) in [5.74, 6) is -0.340. The molecule has 4 nitrogen and oxygen atoms in total. The molecule has 0 radical (unpaired) electrons. The topological polar surface area (TPSA) is 50.4 Å². The zero-order chi connectivity index (χ0) is 14.1. The highest BCUT2D eigenvalue weighted by atomic mass is 79.9. The van der Waals surface area contributed by atoms with Gasteiger partial charge in [0, 0.05) is 4.47 Å². The maximum Gasteiger partial charge on any atom is 0.340 e. The van der Waals surface area contributed by atoms with E-state index in [-0.39, 0.29) is 12.1 Å². The van der Waals surface area contributed by atoms with Crippen molar-refractivity contribution in [2.75, 3.05) is 17.7 Å². The summed E-state index contributed by atoms with van der Waals surface area (Å²) in [6.45, 7) is 0. The minimum absolute atomic E-state index is 0.0519. The molecule has 1 heterocycles. The van der Waals surface area contributed by atoms with Crippen LogP contribution in [0.15, 0.2) is 46.9 Å². The fourth-order valence-electron chi connectivity index (χ4n) is 2.27. The van der Waals surface area contributed by atoms with Gasteiger partial charge in [-0.25, -0.2) is 4.79 Å². The Morgan fingerprint density at radius 3 is 2.60 bits per heavy atom. The Hall–Kier alpha value is -2.01. The van der Waals surface area contributed by atoms with Gasteiger partial charge in [-0.05, 0) is 29.8 Å². The Labute approximate surface area is 125 Å². The molecule has 0 spiro atoms. The molecule has 0 aromatic heterocycles. The van der Waals surface area contributed by atoms with E-state index in [0.29, 0.717) is 5.56 Å². The van der Waals surface area contributed by atoms with Gasteiger partial charge in [-0.1, -0.05) is 34.1 Å². The van der Waals surface area contributed by atoms with Gasteiger partial charge in [0.1, 0.15) is 6.17 Å². The van der Waals surface area contributed by atoms with Crippen molar-refractivity contribution < 1.29 is 9.53 Å². The molecule has 102 valence electrons. The van der Waals surface area contributed by atoms with Crippen molar-refractivity contribution in [1.29, 1.82) is 0 Å². The van der Waals surface area contributed by atoms with Crippen molar-refractivity contribution in [2.45, 2.75) is 6.17 Å². The van der Waals surface area contributed by atoms with Gasteiger partial charge in [-0.3, -0.25) is 0 Å². The summed E-state index contributed by atoms with van der Waals surface area (Å²) in [6, 6.07) is 13.6. The lowest BCUT2D eigenvalue weighted by Crippen LogP contribution is -2.12. The smallest absolute Gasteiger partial charge is 0.340 e. The highest BCUT2D eigenvalue weighted by Crippen LogP contribution is 2.38. The zero-order valence-electron chi connectivity index (χ0n) is 10.8. The van der Waals surface area contributed by atoms with E-state index in [1.807, 2.05) is 36.4 Å². The predicted molar refractivity (Wildman–Crippen MR) is 81.9 cm³/mol. The van der Waals surface area contributed by atoms with Crippen LogP contribution in [-0.4, -0.2) is 13.1 Å². The monoisotopic (exact) mass is 332 g/mol. The first-order chi connectivity index (χ1) is 9.69. The van der Waals surface area contributed by atoms with Crippen LogP contribution in [0.4, 0.5) is 11.4 Å². The summed E-state index contributed by atoms with van der Waals surface area (Å²) in [7, 11) is 1.39. The molecule has 0 saturated heterocycles. The van der Waals surface area contributed by atoms with Crippen molar-refractivity contribution in [1.82, 2.24) is 0 Å². The van der Waals surface area contributed by atoms with Gasteiger partial charge in [0.15, 0.2) is 0 Å². The molecule has 1 aliphatic rings. The third kappa shape index (κ3) is 2.25. The third-order valence-electron chi connectivity index (χ3n) is 3.26. The highest BCUT2D eigenvalue weighted by Gasteiger charge is 2.25. The lowest BCUT2D eigenvalue weighted by atomic mass is 10.1. The summed E-state index contributed by atoms with van der Waals surface area (Å²) in [5.41, 5.74) is 3.32. The Bertz CT molecular complexity index is 655. The van der Waals surface area contributed by atoms with Crippen LogP contribution in [0, 0.1) is 0 Å². The number of fused-ring (bicyclic) bond motifs is 1. The van der Waals surface area contributed by atoms with Gasteiger partial charge in [-0.2, -0.15) is 0 Å². The number of nitrogens with one attached hydrogen (secondary N) is 2. The maximum atomic E-state index is 11.8. The Balaban J connectivity index is 1.92. The van der Waals surface area contributed by atoms with Gasteiger partial charge in [0.2, 0.25) is 0 Å². The fourth-order valence-corrected chi connectivity index (χ4v) is 2.53. The normalized spacial score (nSPS) is 16.0. The number of carbonyl (C=O) groups is 1. The van der Waals surface area contributed by atoms with Crippen LogP contribution in [0.25, 0.3) is 0 Å². The first-order valence-corrected chi connectivity index (χ1v) is 6.98. The van der Waals surface area contributed by atoms with E-state index < -0.39 is 0 Å². The SMILES string of the molecule is COC(=O)c1cccc2c1NC(c1ccc(Br)cc1)N2. The molecule has 1 aliphatic heterocycles. The van der Waals surface area contributed by atoms with E-state index in [1.54, 1.807) is 6.07 Å². The van der Waals surface area contributed by atoms with E-state index in [0.717, 1.165) is 21.4 Å². The molecule has 3 rings (SSSR count).